The molecule has 0 aliphatic carbocycles. The second-order valence-corrected chi connectivity index (χ2v) is 4.02. The Bertz CT molecular complexity index is 475. The Morgan fingerprint density at radius 1 is 1.38 bits per heavy atom. The second-order valence-electron chi connectivity index (χ2n) is 4.02. The van der Waals surface area contributed by atoms with Crippen LogP contribution in [0.1, 0.15) is 6.42 Å². The van der Waals surface area contributed by atoms with Crippen molar-refractivity contribution in [3.8, 4) is 0 Å². The largest absolute Gasteiger partial charge is 0.345 e. The van der Waals surface area contributed by atoms with Crippen LogP contribution in [0.25, 0.3) is 11.0 Å². The summed E-state index contributed by atoms with van der Waals surface area (Å²) in [7, 11) is 4.10. The molecule has 1 aromatic heterocycles. The molecule has 4 heteroatoms. The van der Waals surface area contributed by atoms with Crippen molar-refractivity contribution in [2.75, 3.05) is 25.0 Å². The number of rotatable bonds is 4. The molecule has 0 unspecified atom stereocenters. The Balaban J connectivity index is 2.33. The molecule has 4 nitrogen and oxygen atoms in total. The fourth-order valence-electron chi connectivity index (χ4n) is 1.90. The number of hydrogen-bond donors (Lipinski definition) is 1. The zero-order chi connectivity index (χ0) is 11.5. The van der Waals surface area contributed by atoms with Gasteiger partial charge in [-0.1, -0.05) is 12.1 Å². The molecule has 0 fully saturated rings. The molecule has 0 atom stereocenters. The summed E-state index contributed by atoms with van der Waals surface area (Å²) < 4.78 is 2.12. The van der Waals surface area contributed by atoms with Crippen molar-refractivity contribution in [1.29, 1.82) is 0 Å². The summed E-state index contributed by atoms with van der Waals surface area (Å²) in [6, 6.07) is 8.17. The van der Waals surface area contributed by atoms with Gasteiger partial charge in [0.25, 0.3) is 0 Å². The third kappa shape index (κ3) is 1.88. The molecule has 0 spiro atoms. The monoisotopic (exact) mass is 218 g/mol. The number of imidazole rings is 1. The average Bonchev–Trinajstić information content (AvgIpc) is 2.64. The molecular formula is C12H18N4. The molecule has 0 aliphatic heterocycles. The second kappa shape index (κ2) is 4.53. The number of nitrogens with zero attached hydrogens (tertiary/aromatic N) is 3. The number of hydrogen-bond acceptors (Lipinski definition) is 3. The van der Waals surface area contributed by atoms with E-state index in [1.165, 1.54) is 0 Å². The van der Waals surface area contributed by atoms with Gasteiger partial charge in [-0.25, -0.2) is 4.98 Å². The van der Waals surface area contributed by atoms with Gasteiger partial charge in [0.1, 0.15) is 0 Å². The molecular weight excluding hydrogens is 200 g/mol. The molecule has 0 saturated heterocycles. The van der Waals surface area contributed by atoms with Crippen LogP contribution in [0, 0.1) is 0 Å². The van der Waals surface area contributed by atoms with Crippen molar-refractivity contribution in [1.82, 2.24) is 9.55 Å². The van der Waals surface area contributed by atoms with Crippen LogP contribution in [0.15, 0.2) is 24.3 Å². The smallest absolute Gasteiger partial charge is 0.206 e. The molecule has 0 bridgehead atoms. The first-order valence-electron chi connectivity index (χ1n) is 5.56. The lowest BCUT2D eigenvalue weighted by atomic mass is 10.3. The minimum atomic E-state index is 0.717. The van der Waals surface area contributed by atoms with E-state index in [2.05, 4.69) is 27.6 Å². The summed E-state index contributed by atoms with van der Waals surface area (Å²) in [6.07, 6.45) is 0.986. The van der Waals surface area contributed by atoms with Crippen LogP contribution in [-0.4, -0.2) is 29.7 Å². The van der Waals surface area contributed by atoms with Crippen LogP contribution in [-0.2, 0) is 7.05 Å². The SMILES string of the molecule is CN(CCCN)c1nc2ccccc2n1C. The van der Waals surface area contributed by atoms with E-state index in [1.54, 1.807) is 0 Å². The molecule has 0 aliphatic rings. The lowest BCUT2D eigenvalue weighted by Crippen LogP contribution is -2.23. The Morgan fingerprint density at radius 2 is 2.12 bits per heavy atom. The predicted octanol–water partition coefficient (Wildman–Crippen LogP) is 1.36. The van der Waals surface area contributed by atoms with E-state index >= 15 is 0 Å². The topological polar surface area (TPSA) is 47.1 Å². The fourth-order valence-corrected chi connectivity index (χ4v) is 1.90. The van der Waals surface area contributed by atoms with E-state index in [0.29, 0.717) is 6.54 Å². The van der Waals surface area contributed by atoms with Gasteiger partial charge in [-0.15, -0.1) is 0 Å². The van der Waals surface area contributed by atoms with Gasteiger partial charge < -0.3 is 15.2 Å². The zero-order valence-corrected chi connectivity index (χ0v) is 9.85. The quantitative estimate of drug-likeness (QED) is 0.843. The molecule has 2 N–H and O–H groups in total. The summed E-state index contributed by atoms with van der Waals surface area (Å²) in [4.78, 5) is 6.76. The molecule has 0 radical (unpaired) electrons. The lowest BCUT2D eigenvalue weighted by molar-refractivity contribution is 0.757. The van der Waals surface area contributed by atoms with Gasteiger partial charge in [0, 0.05) is 20.6 Å². The lowest BCUT2D eigenvalue weighted by Gasteiger charge is -2.17. The van der Waals surface area contributed by atoms with Crippen molar-refractivity contribution in [3.05, 3.63) is 24.3 Å². The third-order valence-electron chi connectivity index (χ3n) is 2.80. The van der Waals surface area contributed by atoms with Gasteiger partial charge in [-0.05, 0) is 25.1 Å². The number of aryl methyl sites for hydroxylation is 1. The summed E-state index contributed by atoms with van der Waals surface area (Å²) in [5.41, 5.74) is 7.72. The van der Waals surface area contributed by atoms with Crippen LogP contribution in [0.4, 0.5) is 5.95 Å². The fraction of sp³-hybridized carbons (Fsp3) is 0.417. The number of benzene rings is 1. The standard InChI is InChI=1S/C12H18N4/c1-15(9-5-8-13)12-14-10-6-3-4-7-11(10)16(12)2/h3-4,6-7H,5,8-9,13H2,1-2H3. The third-order valence-corrected chi connectivity index (χ3v) is 2.80. The molecule has 0 saturated carbocycles. The highest BCUT2D eigenvalue weighted by molar-refractivity contribution is 5.78. The summed E-state index contributed by atoms with van der Waals surface area (Å²) in [5.74, 6) is 0.995. The number of para-hydroxylation sites is 2. The maximum Gasteiger partial charge on any atom is 0.206 e. The molecule has 1 heterocycles. The van der Waals surface area contributed by atoms with Crippen molar-refractivity contribution in [2.24, 2.45) is 12.8 Å². The Morgan fingerprint density at radius 3 is 2.81 bits per heavy atom. The highest BCUT2D eigenvalue weighted by atomic mass is 15.3. The van der Waals surface area contributed by atoms with E-state index in [4.69, 9.17) is 5.73 Å². The van der Waals surface area contributed by atoms with Crippen molar-refractivity contribution in [3.63, 3.8) is 0 Å². The first kappa shape index (κ1) is 11.0. The van der Waals surface area contributed by atoms with Crippen LogP contribution < -0.4 is 10.6 Å². The Labute approximate surface area is 95.7 Å². The van der Waals surface area contributed by atoms with Crippen LogP contribution in [0.5, 0.6) is 0 Å². The molecule has 2 rings (SSSR count). The Hall–Kier alpha value is -1.55. The van der Waals surface area contributed by atoms with Crippen LogP contribution >= 0.6 is 0 Å². The minimum Gasteiger partial charge on any atom is -0.345 e. The van der Waals surface area contributed by atoms with E-state index < -0.39 is 0 Å². The molecule has 2 aromatic rings. The highest BCUT2D eigenvalue weighted by Crippen LogP contribution is 2.19. The van der Waals surface area contributed by atoms with Gasteiger partial charge in [0.05, 0.1) is 11.0 Å². The number of nitrogens with two attached hydrogens (primary N) is 1. The van der Waals surface area contributed by atoms with Gasteiger partial charge >= 0.3 is 0 Å². The van der Waals surface area contributed by atoms with Gasteiger partial charge in [0.15, 0.2) is 0 Å². The van der Waals surface area contributed by atoms with Gasteiger partial charge in [0.2, 0.25) is 5.95 Å². The van der Waals surface area contributed by atoms with Gasteiger partial charge in [-0.3, -0.25) is 0 Å². The maximum atomic E-state index is 5.51. The van der Waals surface area contributed by atoms with E-state index in [9.17, 15) is 0 Å². The summed E-state index contributed by atoms with van der Waals surface area (Å²) >= 11 is 0. The summed E-state index contributed by atoms with van der Waals surface area (Å²) in [6.45, 7) is 1.65. The van der Waals surface area contributed by atoms with Crippen molar-refractivity contribution in [2.45, 2.75) is 6.42 Å². The van der Waals surface area contributed by atoms with Crippen molar-refractivity contribution >= 4 is 17.0 Å². The molecule has 86 valence electrons. The van der Waals surface area contributed by atoms with E-state index in [-0.39, 0.29) is 0 Å². The first-order valence-corrected chi connectivity index (χ1v) is 5.56. The maximum absolute atomic E-state index is 5.51. The highest BCUT2D eigenvalue weighted by Gasteiger charge is 2.10. The molecule has 16 heavy (non-hydrogen) atoms. The first-order chi connectivity index (χ1) is 7.74. The van der Waals surface area contributed by atoms with E-state index in [0.717, 1.165) is 29.9 Å². The van der Waals surface area contributed by atoms with Crippen LogP contribution in [0.3, 0.4) is 0 Å². The summed E-state index contributed by atoms with van der Waals surface area (Å²) in [5, 5.41) is 0. The van der Waals surface area contributed by atoms with E-state index in [1.807, 2.05) is 25.2 Å². The normalized spacial score (nSPS) is 10.9. The zero-order valence-electron chi connectivity index (χ0n) is 9.85. The molecule has 0 amide bonds. The molecule has 1 aromatic carbocycles. The number of aromatic nitrogens is 2. The van der Waals surface area contributed by atoms with Gasteiger partial charge in [-0.2, -0.15) is 0 Å². The number of anilines is 1. The Kier molecular flexibility index (Phi) is 3.10. The average molecular weight is 218 g/mol. The predicted molar refractivity (Wildman–Crippen MR) is 67.7 cm³/mol. The van der Waals surface area contributed by atoms with Crippen LogP contribution in [0.2, 0.25) is 0 Å². The van der Waals surface area contributed by atoms with Crippen molar-refractivity contribution < 1.29 is 0 Å². The minimum absolute atomic E-state index is 0.717. The number of fused-ring (bicyclic) bond motifs is 1.